The van der Waals surface area contributed by atoms with Crippen molar-refractivity contribution in [2.75, 3.05) is 32.2 Å². The largest absolute Gasteiger partial charge is 0.493 e. The van der Waals surface area contributed by atoms with Gasteiger partial charge in [-0.1, -0.05) is 12.1 Å². The number of ether oxygens (including phenoxy) is 2. The lowest BCUT2D eigenvalue weighted by atomic mass is 10.1. The lowest BCUT2D eigenvalue weighted by molar-refractivity contribution is 0.355. The van der Waals surface area contributed by atoms with E-state index in [2.05, 4.69) is 4.90 Å². The SMILES string of the molecule is COc1ccc(-c2csc(N3CCC(S(=O)(=O)c4ccccc4C#N)CC3)n2)cc1OC. The van der Waals surface area contributed by atoms with Gasteiger partial charge < -0.3 is 14.4 Å². The zero-order chi connectivity index (χ0) is 22.7. The van der Waals surface area contributed by atoms with Crippen molar-refractivity contribution in [1.29, 1.82) is 5.26 Å². The van der Waals surface area contributed by atoms with E-state index < -0.39 is 15.1 Å². The number of hydrogen-bond donors (Lipinski definition) is 0. The molecule has 1 fully saturated rings. The average molecular weight is 470 g/mol. The van der Waals surface area contributed by atoms with Gasteiger partial charge in [0.05, 0.1) is 35.6 Å². The van der Waals surface area contributed by atoms with E-state index in [-0.39, 0.29) is 10.5 Å². The molecule has 0 radical (unpaired) electrons. The minimum atomic E-state index is -3.55. The minimum absolute atomic E-state index is 0.130. The summed E-state index contributed by atoms with van der Waals surface area (Å²) in [5.41, 5.74) is 1.97. The van der Waals surface area contributed by atoms with E-state index in [0.717, 1.165) is 16.4 Å². The van der Waals surface area contributed by atoms with Crippen molar-refractivity contribution >= 4 is 26.3 Å². The molecular weight excluding hydrogens is 446 g/mol. The first-order valence-electron chi connectivity index (χ1n) is 10.1. The summed E-state index contributed by atoms with van der Waals surface area (Å²) in [5, 5.41) is 11.6. The topological polar surface area (TPSA) is 92.5 Å². The van der Waals surface area contributed by atoms with Crippen LogP contribution in [0.15, 0.2) is 52.7 Å². The molecule has 9 heteroatoms. The highest BCUT2D eigenvalue weighted by atomic mass is 32.2. The summed E-state index contributed by atoms with van der Waals surface area (Å²) in [5.74, 6) is 1.30. The molecule has 0 unspecified atom stereocenters. The van der Waals surface area contributed by atoms with Gasteiger partial charge in [-0.3, -0.25) is 0 Å². The Morgan fingerprint density at radius 1 is 1.09 bits per heavy atom. The molecule has 0 saturated carbocycles. The quantitative estimate of drug-likeness (QED) is 0.536. The Kier molecular flexibility index (Phi) is 6.35. The van der Waals surface area contributed by atoms with Gasteiger partial charge in [0.2, 0.25) is 0 Å². The molecule has 1 saturated heterocycles. The van der Waals surface area contributed by atoms with Crippen LogP contribution in [0.1, 0.15) is 18.4 Å². The van der Waals surface area contributed by atoms with Crippen LogP contribution in [0.3, 0.4) is 0 Å². The van der Waals surface area contributed by atoms with E-state index in [1.807, 2.05) is 29.6 Å². The number of hydrogen-bond acceptors (Lipinski definition) is 8. The van der Waals surface area contributed by atoms with Crippen LogP contribution in [0, 0.1) is 11.3 Å². The van der Waals surface area contributed by atoms with Crippen LogP contribution in [0.4, 0.5) is 5.13 Å². The first-order valence-corrected chi connectivity index (χ1v) is 12.6. The van der Waals surface area contributed by atoms with Crippen LogP contribution in [0.25, 0.3) is 11.3 Å². The van der Waals surface area contributed by atoms with Crippen LogP contribution in [-0.2, 0) is 9.84 Å². The standard InChI is InChI=1S/C23H23N3O4S2/c1-29-20-8-7-16(13-21(20)30-2)19-15-31-23(25-19)26-11-9-18(10-12-26)32(27,28)22-6-4-3-5-17(22)14-24/h3-8,13,15,18H,9-12H2,1-2H3. The van der Waals surface area contributed by atoms with Crippen molar-refractivity contribution in [2.45, 2.75) is 23.0 Å². The lowest BCUT2D eigenvalue weighted by Gasteiger charge is -2.31. The fraction of sp³-hybridized carbons (Fsp3) is 0.304. The molecular formula is C23H23N3O4S2. The molecule has 32 heavy (non-hydrogen) atoms. The Hall–Kier alpha value is -3.09. The van der Waals surface area contributed by atoms with Gasteiger partial charge in [-0.15, -0.1) is 11.3 Å². The Morgan fingerprint density at radius 3 is 2.50 bits per heavy atom. The monoisotopic (exact) mass is 469 g/mol. The Bertz CT molecular complexity index is 1260. The highest BCUT2D eigenvalue weighted by molar-refractivity contribution is 7.92. The number of anilines is 1. The molecule has 0 N–H and O–H groups in total. The summed E-state index contributed by atoms with van der Waals surface area (Å²) in [7, 11) is -0.357. The number of aromatic nitrogens is 1. The normalized spacial score (nSPS) is 14.7. The predicted octanol–water partition coefficient (Wildman–Crippen LogP) is 4.14. The molecule has 0 atom stereocenters. The number of rotatable bonds is 6. The molecule has 2 aromatic carbocycles. The van der Waals surface area contributed by atoms with E-state index in [0.29, 0.717) is 37.4 Å². The second-order valence-electron chi connectivity index (χ2n) is 7.42. The molecule has 1 aliphatic heterocycles. The van der Waals surface area contributed by atoms with Crippen molar-refractivity contribution in [1.82, 2.24) is 4.98 Å². The molecule has 4 rings (SSSR count). The first-order chi connectivity index (χ1) is 15.5. The highest BCUT2D eigenvalue weighted by Gasteiger charge is 2.33. The highest BCUT2D eigenvalue weighted by Crippen LogP contribution is 2.35. The van der Waals surface area contributed by atoms with E-state index >= 15 is 0 Å². The molecule has 0 aliphatic carbocycles. The van der Waals surface area contributed by atoms with Crippen LogP contribution in [0.5, 0.6) is 11.5 Å². The summed E-state index contributed by atoms with van der Waals surface area (Å²) >= 11 is 1.54. The van der Waals surface area contributed by atoms with Gasteiger partial charge in [-0.25, -0.2) is 13.4 Å². The molecule has 0 amide bonds. The van der Waals surface area contributed by atoms with Gasteiger partial charge in [-0.05, 0) is 43.2 Å². The van der Waals surface area contributed by atoms with Gasteiger partial charge in [0.15, 0.2) is 26.5 Å². The number of thiazole rings is 1. The molecule has 0 spiro atoms. The van der Waals surface area contributed by atoms with Crippen LogP contribution < -0.4 is 14.4 Å². The third kappa shape index (κ3) is 4.16. The zero-order valence-electron chi connectivity index (χ0n) is 17.8. The molecule has 1 aliphatic rings. The Morgan fingerprint density at radius 2 is 1.81 bits per heavy atom. The maximum absolute atomic E-state index is 13.1. The fourth-order valence-electron chi connectivity index (χ4n) is 3.88. The van der Waals surface area contributed by atoms with E-state index in [4.69, 9.17) is 14.5 Å². The smallest absolute Gasteiger partial charge is 0.185 e. The number of methoxy groups -OCH3 is 2. The average Bonchev–Trinajstić information content (AvgIpc) is 3.34. The fourth-order valence-corrected chi connectivity index (χ4v) is 6.65. The van der Waals surface area contributed by atoms with Crippen molar-refractivity contribution in [3.05, 3.63) is 53.4 Å². The predicted molar refractivity (Wildman–Crippen MR) is 124 cm³/mol. The molecule has 3 aromatic rings. The summed E-state index contributed by atoms with van der Waals surface area (Å²) in [4.78, 5) is 7.02. The van der Waals surface area contributed by atoms with Crippen molar-refractivity contribution < 1.29 is 17.9 Å². The number of sulfone groups is 1. The van der Waals surface area contributed by atoms with Crippen molar-refractivity contribution in [2.24, 2.45) is 0 Å². The third-order valence-electron chi connectivity index (χ3n) is 5.64. The maximum atomic E-state index is 13.1. The zero-order valence-corrected chi connectivity index (χ0v) is 19.4. The second kappa shape index (κ2) is 9.18. The first kappa shape index (κ1) is 22.1. The van der Waals surface area contributed by atoms with E-state index in [1.54, 1.807) is 32.4 Å². The van der Waals surface area contributed by atoms with Crippen LogP contribution in [-0.4, -0.2) is 46.0 Å². The van der Waals surface area contributed by atoms with Crippen LogP contribution >= 0.6 is 11.3 Å². The Labute approximate surface area is 191 Å². The minimum Gasteiger partial charge on any atom is -0.493 e. The molecule has 2 heterocycles. The summed E-state index contributed by atoms with van der Waals surface area (Å²) in [6.45, 7) is 1.19. The Balaban J connectivity index is 1.48. The molecule has 166 valence electrons. The van der Waals surface area contributed by atoms with Gasteiger partial charge in [-0.2, -0.15) is 5.26 Å². The summed E-state index contributed by atoms with van der Waals surface area (Å²) in [6.07, 6.45) is 0.987. The molecule has 1 aromatic heterocycles. The molecule has 0 bridgehead atoms. The number of benzene rings is 2. The van der Waals surface area contributed by atoms with E-state index in [9.17, 15) is 13.7 Å². The van der Waals surface area contributed by atoms with Crippen molar-refractivity contribution in [3.63, 3.8) is 0 Å². The third-order valence-corrected chi connectivity index (χ3v) is 8.86. The lowest BCUT2D eigenvalue weighted by Crippen LogP contribution is -2.39. The van der Waals surface area contributed by atoms with Gasteiger partial charge in [0, 0.05) is 24.0 Å². The van der Waals surface area contributed by atoms with Crippen molar-refractivity contribution in [3.8, 4) is 28.8 Å². The van der Waals surface area contributed by atoms with Crippen LogP contribution in [0.2, 0.25) is 0 Å². The van der Waals surface area contributed by atoms with Gasteiger partial charge in [0.1, 0.15) is 6.07 Å². The summed E-state index contributed by atoms with van der Waals surface area (Å²) in [6, 6.07) is 14.1. The number of piperidine rings is 1. The van der Waals surface area contributed by atoms with Gasteiger partial charge >= 0.3 is 0 Å². The summed E-state index contributed by atoms with van der Waals surface area (Å²) < 4.78 is 36.9. The van der Waals surface area contributed by atoms with Gasteiger partial charge in [0.25, 0.3) is 0 Å². The number of nitrogens with zero attached hydrogens (tertiary/aromatic N) is 3. The number of nitriles is 1. The molecule has 7 nitrogen and oxygen atoms in total. The second-order valence-corrected chi connectivity index (χ2v) is 10.5. The van der Waals surface area contributed by atoms with E-state index in [1.165, 1.54) is 17.4 Å². The maximum Gasteiger partial charge on any atom is 0.185 e.